The average Bonchev–Trinajstić information content (AvgIpc) is 2.50. The molecule has 0 atom stereocenters. The van der Waals surface area contributed by atoms with E-state index in [-0.39, 0.29) is 5.41 Å². The first kappa shape index (κ1) is 13.0. The number of hydrogen-bond acceptors (Lipinski definition) is 3. The Bertz CT molecular complexity index is 444. The van der Waals surface area contributed by atoms with Crippen LogP contribution >= 0.6 is 0 Å². The van der Waals surface area contributed by atoms with Crippen LogP contribution in [0.5, 0.6) is 0 Å². The van der Waals surface area contributed by atoms with Crippen molar-refractivity contribution in [2.75, 3.05) is 11.3 Å². The molecule has 92 valence electrons. The second-order valence-corrected chi connectivity index (χ2v) is 6.02. The van der Waals surface area contributed by atoms with Crippen LogP contribution in [0.3, 0.4) is 0 Å². The first-order chi connectivity index (χ1) is 7.24. The standard InChI is InChI=1S/C9H18N4O2S/c1-5-10-16(14,15)13-8-6-7(11-12-8)9(2,3)4/h6,10H,5H2,1-4H3,(H2,11,12,13). The van der Waals surface area contributed by atoms with Gasteiger partial charge in [0.05, 0.1) is 0 Å². The summed E-state index contributed by atoms with van der Waals surface area (Å²) in [4.78, 5) is 0. The van der Waals surface area contributed by atoms with Crippen molar-refractivity contribution in [2.24, 2.45) is 0 Å². The van der Waals surface area contributed by atoms with Crippen LogP contribution in [-0.4, -0.2) is 25.2 Å². The summed E-state index contributed by atoms with van der Waals surface area (Å²) in [5.41, 5.74) is 0.788. The summed E-state index contributed by atoms with van der Waals surface area (Å²) in [5.74, 6) is 0.297. The van der Waals surface area contributed by atoms with Gasteiger partial charge in [-0.1, -0.05) is 27.7 Å². The lowest BCUT2D eigenvalue weighted by Crippen LogP contribution is -2.29. The predicted octanol–water partition coefficient (Wildman–Crippen LogP) is 0.973. The molecule has 0 spiro atoms. The van der Waals surface area contributed by atoms with Crippen LogP contribution < -0.4 is 9.44 Å². The largest absolute Gasteiger partial charge is 0.300 e. The molecule has 0 unspecified atom stereocenters. The van der Waals surface area contributed by atoms with E-state index in [1.165, 1.54) is 0 Å². The number of H-pyrrole nitrogens is 1. The lowest BCUT2D eigenvalue weighted by Gasteiger charge is -2.14. The number of nitrogens with zero attached hydrogens (tertiary/aromatic N) is 1. The monoisotopic (exact) mass is 246 g/mol. The highest BCUT2D eigenvalue weighted by molar-refractivity contribution is 7.90. The highest BCUT2D eigenvalue weighted by atomic mass is 32.2. The first-order valence-corrected chi connectivity index (χ1v) is 6.56. The second kappa shape index (κ2) is 4.42. The average molecular weight is 246 g/mol. The molecule has 0 radical (unpaired) electrons. The quantitative estimate of drug-likeness (QED) is 0.740. The maximum atomic E-state index is 11.4. The van der Waals surface area contributed by atoms with Crippen LogP contribution in [0.1, 0.15) is 33.4 Å². The fourth-order valence-electron chi connectivity index (χ4n) is 1.12. The van der Waals surface area contributed by atoms with E-state index in [1.807, 2.05) is 20.8 Å². The maximum absolute atomic E-state index is 11.4. The minimum Gasteiger partial charge on any atom is -0.280 e. The van der Waals surface area contributed by atoms with Gasteiger partial charge in [0.2, 0.25) is 0 Å². The van der Waals surface area contributed by atoms with Crippen LogP contribution in [0.25, 0.3) is 0 Å². The van der Waals surface area contributed by atoms with Crippen molar-refractivity contribution in [3.05, 3.63) is 11.8 Å². The maximum Gasteiger partial charge on any atom is 0.300 e. The Balaban J connectivity index is 2.81. The summed E-state index contributed by atoms with van der Waals surface area (Å²) in [6, 6.07) is 1.69. The molecule has 1 rings (SSSR count). The molecule has 0 saturated carbocycles. The minimum atomic E-state index is -3.50. The Morgan fingerprint density at radius 3 is 2.50 bits per heavy atom. The minimum absolute atomic E-state index is 0.0884. The van der Waals surface area contributed by atoms with Crippen molar-refractivity contribution in [3.63, 3.8) is 0 Å². The third kappa shape index (κ3) is 3.49. The van der Waals surface area contributed by atoms with Gasteiger partial charge in [0, 0.05) is 23.7 Å². The van der Waals surface area contributed by atoms with Gasteiger partial charge in [-0.25, -0.2) is 0 Å². The molecule has 3 N–H and O–H groups in total. The normalized spacial score (nSPS) is 12.8. The van der Waals surface area contributed by atoms with E-state index >= 15 is 0 Å². The van der Waals surface area contributed by atoms with Gasteiger partial charge in [-0.05, 0) is 0 Å². The van der Waals surface area contributed by atoms with E-state index in [4.69, 9.17) is 0 Å². The SMILES string of the molecule is CCNS(=O)(=O)Nc1cc(C(C)(C)C)[nH]n1. The molecular weight excluding hydrogens is 228 g/mol. The van der Waals surface area contributed by atoms with Gasteiger partial charge in [0.1, 0.15) is 0 Å². The lowest BCUT2D eigenvalue weighted by molar-refractivity contribution is 0.567. The van der Waals surface area contributed by atoms with Gasteiger partial charge in [0.25, 0.3) is 10.2 Å². The molecule has 0 aromatic carbocycles. The molecule has 0 bridgehead atoms. The fourth-order valence-corrected chi connectivity index (χ4v) is 1.95. The molecule has 1 aromatic rings. The molecule has 6 nitrogen and oxygen atoms in total. The van der Waals surface area contributed by atoms with Crippen molar-refractivity contribution in [3.8, 4) is 0 Å². The van der Waals surface area contributed by atoms with Gasteiger partial charge in [0.15, 0.2) is 5.82 Å². The van der Waals surface area contributed by atoms with Crippen molar-refractivity contribution < 1.29 is 8.42 Å². The highest BCUT2D eigenvalue weighted by Gasteiger charge is 2.18. The number of anilines is 1. The lowest BCUT2D eigenvalue weighted by atomic mass is 9.92. The summed E-state index contributed by atoms with van der Waals surface area (Å²) < 4.78 is 27.4. The molecule has 16 heavy (non-hydrogen) atoms. The highest BCUT2D eigenvalue weighted by Crippen LogP contribution is 2.22. The third-order valence-corrected chi connectivity index (χ3v) is 3.11. The van der Waals surface area contributed by atoms with Gasteiger partial charge < -0.3 is 0 Å². The van der Waals surface area contributed by atoms with Gasteiger partial charge >= 0.3 is 0 Å². The number of rotatable bonds is 4. The fraction of sp³-hybridized carbons (Fsp3) is 0.667. The number of hydrogen-bond donors (Lipinski definition) is 3. The van der Waals surface area contributed by atoms with Crippen molar-refractivity contribution in [1.82, 2.24) is 14.9 Å². The number of nitrogens with one attached hydrogen (secondary N) is 3. The van der Waals surface area contributed by atoms with Crippen molar-refractivity contribution >= 4 is 16.0 Å². The van der Waals surface area contributed by atoms with Crippen LogP contribution in [0.4, 0.5) is 5.82 Å². The third-order valence-electron chi connectivity index (χ3n) is 1.96. The van der Waals surface area contributed by atoms with Crippen LogP contribution in [-0.2, 0) is 15.6 Å². The summed E-state index contributed by atoms with van der Waals surface area (Å²) in [6.45, 7) is 8.10. The van der Waals surface area contributed by atoms with E-state index < -0.39 is 10.2 Å². The Hall–Kier alpha value is -1.08. The zero-order valence-corrected chi connectivity index (χ0v) is 10.8. The molecule has 0 amide bonds. The molecule has 0 aliphatic heterocycles. The summed E-state index contributed by atoms with van der Waals surface area (Å²) in [6.07, 6.45) is 0. The molecular formula is C9H18N4O2S. The zero-order valence-electron chi connectivity index (χ0n) is 9.96. The van der Waals surface area contributed by atoms with Crippen LogP contribution in [0, 0.1) is 0 Å². The molecule has 0 aliphatic carbocycles. The van der Waals surface area contributed by atoms with E-state index in [9.17, 15) is 8.42 Å². The Morgan fingerprint density at radius 2 is 2.06 bits per heavy atom. The summed E-state index contributed by atoms with van der Waals surface area (Å²) in [5, 5.41) is 6.70. The van der Waals surface area contributed by atoms with Gasteiger partial charge in [-0.15, -0.1) is 0 Å². The van der Waals surface area contributed by atoms with Gasteiger partial charge in [-0.3, -0.25) is 9.82 Å². The number of aromatic amines is 1. The van der Waals surface area contributed by atoms with Crippen LogP contribution in [0.15, 0.2) is 6.07 Å². The first-order valence-electron chi connectivity index (χ1n) is 5.08. The zero-order chi connectivity index (χ0) is 12.4. The van der Waals surface area contributed by atoms with Crippen molar-refractivity contribution in [1.29, 1.82) is 0 Å². The van der Waals surface area contributed by atoms with Crippen LogP contribution in [0.2, 0.25) is 0 Å². The molecule has 7 heteroatoms. The molecule has 0 aliphatic rings. The van der Waals surface area contributed by atoms with E-state index in [1.54, 1.807) is 13.0 Å². The van der Waals surface area contributed by atoms with E-state index in [0.717, 1.165) is 5.69 Å². The molecule has 0 saturated heterocycles. The van der Waals surface area contributed by atoms with E-state index in [0.29, 0.717) is 12.4 Å². The predicted molar refractivity (Wildman–Crippen MR) is 63.5 cm³/mol. The number of aromatic nitrogens is 2. The van der Waals surface area contributed by atoms with E-state index in [2.05, 4.69) is 19.6 Å². The van der Waals surface area contributed by atoms with Crippen molar-refractivity contribution in [2.45, 2.75) is 33.1 Å². The second-order valence-electron chi connectivity index (χ2n) is 4.52. The van der Waals surface area contributed by atoms with Gasteiger partial charge in [-0.2, -0.15) is 18.2 Å². The molecule has 1 heterocycles. The molecule has 1 aromatic heterocycles. The molecule has 0 fully saturated rings. The Morgan fingerprint density at radius 1 is 1.44 bits per heavy atom. The topological polar surface area (TPSA) is 86.9 Å². The Kier molecular flexibility index (Phi) is 3.59. The Labute approximate surface area is 96.0 Å². The smallest absolute Gasteiger partial charge is 0.280 e. The summed E-state index contributed by atoms with van der Waals surface area (Å²) >= 11 is 0. The summed E-state index contributed by atoms with van der Waals surface area (Å²) in [7, 11) is -3.50.